The Balaban J connectivity index is 0. The summed E-state index contributed by atoms with van der Waals surface area (Å²) in [5, 5.41) is 0. The van der Waals surface area contributed by atoms with Crippen molar-refractivity contribution in [1.29, 1.82) is 0 Å². The molecule has 130 valence electrons. The molecule has 0 aromatic rings. The molecule has 0 aliphatic rings. The summed E-state index contributed by atoms with van der Waals surface area (Å²) in [7, 11) is 0.124. The van der Waals surface area contributed by atoms with Crippen molar-refractivity contribution in [1.82, 2.24) is 0 Å². The first-order chi connectivity index (χ1) is 9.62. The molecule has 0 heterocycles. The average Bonchev–Trinajstić information content (AvgIpc) is 2.33. The highest BCUT2D eigenvalue weighted by Gasteiger charge is 2.12. The van der Waals surface area contributed by atoms with Gasteiger partial charge in [0.15, 0.2) is 0 Å². The Morgan fingerprint density at radius 3 is 1.48 bits per heavy atom. The van der Waals surface area contributed by atoms with Crippen LogP contribution in [0, 0.1) is 0 Å². The Hall–Kier alpha value is 0.0700. The topological polar surface area (TPSA) is 77.8 Å². The van der Waals surface area contributed by atoms with Crippen LogP contribution >= 0.6 is 7.82 Å². The molecule has 0 aliphatic heterocycles. The molecule has 0 amide bonds. The van der Waals surface area contributed by atoms with Crippen molar-refractivity contribution >= 4 is 7.82 Å². The fraction of sp³-hybridized carbons (Fsp3) is 1.00. The molecule has 0 unspecified atom stereocenters. The summed E-state index contributed by atoms with van der Waals surface area (Å²) in [6, 6.07) is 0. The lowest BCUT2D eigenvalue weighted by Crippen LogP contribution is -2.41. The predicted octanol–water partition coefficient (Wildman–Crippen LogP) is 3.68. The van der Waals surface area contributed by atoms with Gasteiger partial charge in [0.05, 0.1) is 27.2 Å². The third kappa shape index (κ3) is 28.9. The van der Waals surface area contributed by atoms with E-state index in [1.165, 1.54) is 75.4 Å². The first-order valence-corrected chi connectivity index (χ1v) is 9.79. The molecule has 0 fully saturated rings. The van der Waals surface area contributed by atoms with Crippen LogP contribution in [0.15, 0.2) is 0 Å². The molecule has 0 saturated carbocycles. The molecule has 0 aromatic carbocycles. The summed E-state index contributed by atoms with van der Waals surface area (Å²) in [4.78, 5) is 21.6. The molecular formula is C15H37NO4P+. The SMILES string of the molecule is CCCCCCCCC[N+](C)(C)CCCC.O=P(O)(O)O. The largest absolute Gasteiger partial charge is 0.466 e. The maximum absolute atomic E-state index is 8.88. The fourth-order valence-corrected chi connectivity index (χ4v) is 2.19. The van der Waals surface area contributed by atoms with Gasteiger partial charge in [-0.3, -0.25) is 0 Å². The van der Waals surface area contributed by atoms with Crippen molar-refractivity contribution in [2.45, 2.75) is 71.6 Å². The summed E-state index contributed by atoms with van der Waals surface area (Å²) >= 11 is 0. The quantitative estimate of drug-likeness (QED) is 0.307. The molecule has 0 spiro atoms. The van der Waals surface area contributed by atoms with Crippen LogP contribution in [0.1, 0.15) is 71.6 Å². The third-order valence-electron chi connectivity index (χ3n) is 3.48. The monoisotopic (exact) mass is 326 g/mol. The number of rotatable bonds is 11. The lowest BCUT2D eigenvalue weighted by Gasteiger charge is -2.29. The molecule has 5 nitrogen and oxygen atoms in total. The molecule has 0 atom stereocenters. The molecule has 6 heteroatoms. The van der Waals surface area contributed by atoms with E-state index >= 15 is 0 Å². The van der Waals surface area contributed by atoms with Crippen LogP contribution in [0.2, 0.25) is 0 Å². The molecule has 0 saturated heterocycles. The highest BCUT2D eigenvalue weighted by molar-refractivity contribution is 7.45. The summed E-state index contributed by atoms with van der Waals surface area (Å²) in [6.07, 6.45) is 12.7. The Bertz CT molecular complexity index is 258. The molecule has 0 aliphatic carbocycles. The number of quaternary nitrogens is 1. The minimum Gasteiger partial charge on any atom is -0.328 e. The highest BCUT2D eigenvalue weighted by atomic mass is 31.2. The van der Waals surface area contributed by atoms with Crippen molar-refractivity contribution < 1.29 is 23.7 Å². The van der Waals surface area contributed by atoms with Crippen molar-refractivity contribution in [3.63, 3.8) is 0 Å². The molecule has 0 rings (SSSR count). The van der Waals surface area contributed by atoms with Crippen LogP contribution in [-0.2, 0) is 4.57 Å². The highest BCUT2D eigenvalue weighted by Crippen LogP contribution is 2.25. The lowest BCUT2D eigenvalue weighted by atomic mass is 10.1. The number of phosphoric acid groups is 1. The molecule has 21 heavy (non-hydrogen) atoms. The predicted molar refractivity (Wildman–Crippen MR) is 89.0 cm³/mol. The summed E-state index contributed by atoms with van der Waals surface area (Å²) < 4.78 is 10.1. The van der Waals surface area contributed by atoms with Crippen LogP contribution in [0.3, 0.4) is 0 Å². The molecule has 0 radical (unpaired) electrons. The van der Waals surface area contributed by atoms with Gasteiger partial charge in [-0.2, -0.15) is 0 Å². The zero-order valence-corrected chi connectivity index (χ0v) is 15.3. The van der Waals surface area contributed by atoms with Gasteiger partial charge >= 0.3 is 7.82 Å². The van der Waals surface area contributed by atoms with Crippen molar-refractivity contribution in [3.05, 3.63) is 0 Å². The van der Waals surface area contributed by atoms with Crippen molar-refractivity contribution in [2.75, 3.05) is 27.2 Å². The van der Waals surface area contributed by atoms with E-state index in [2.05, 4.69) is 27.9 Å². The van der Waals surface area contributed by atoms with Gasteiger partial charge in [-0.25, -0.2) is 4.57 Å². The Morgan fingerprint density at radius 1 is 0.714 bits per heavy atom. The molecule has 0 aromatic heterocycles. The van der Waals surface area contributed by atoms with Crippen LogP contribution < -0.4 is 0 Å². The summed E-state index contributed by atoms with van der Waals surface area (Å²) in [6.45, 7) is 7.29. The van der Waals surface area contributed by atoms with Crippen LogP contribution in [-0.4, -0.2) is 46.3 Å². The van der Waals surface area contributed by atoms with Gasteiger partial charge in [0, 0.05) is 0 Å². The molecular weight excluding hydrogens is 289 g/mol. The van der Waals surface area contributed by atoms with Gasteiger partial charge in [-0.15, -0.1) is 0 Å². The van der Waals surface area contributed by atoms with Gasteiger partial charge in [0.25, 0.3) is 0 Å². The van der Waals surface area contributed by atoms with Gasteiger partial charge in [-0.1, -0.05) is 52.4 Å². The second-order valence-corrected chi connectivity index (χ2v) is 7.40. The number of nitrogens with zero attached hydrogens (tertiary/aromatic N) is 1. The number of unbranched alkanes of at least 4 members (excludes halogenated alkanes) is 7. The molecule has 3 N–H and O–H groups in total. The van der Waals surface area contributed by atoms with E-state index in [1.54, 1.807) is 0 Å². The number of hydrogen-bond acceptors (Lipinski definition) is 1. The fourth-order valence-electron chi connectivity index (χ4n) is 2.19. The first kappa shape index (κ1) is 23.3. The van der Waals surface area contributed by atoms with Crippen molar-refractivity contribution in [2.24, 2.45) is 0 Å². The molecule has 0 bridgehead atoms. The minimum atomic E-state index is -4.64. The maximum atomic E-state index is 8.88. The van der Waals surface area contributed by atoms with Crippen LogP contribution in [0.4, 0.5) is 0 Å². The Labute approximate surface area is 131 Å². The summed E-state index contributed by atoms with van der Waals surface area (Å²) in [5.41, 5.74) is 0. The number of hydrogen-bond donors (Lipinski definition) is 3. The van der Waals surface area contributed by atoms with E-state index in [9.17, 15) is 0 Å². The van der Waals surface area contributed by atoms with Crippen LogP contribution in [0.5, 0.6) is 0 Å². The third-order valence-corrected chi connectivity index (χ3v) is 3.48. The lowest BCUT2D eigenvalue weighted by molar-refractivity contribution is -0.890. The van der Waals surface area contributed by atoms with E-state index in [4.69, 9.17) is 19.2 Å². The van der Waals surface area contributed by atoms with E-state index in [-0.39, 0.29) is 0 Å². The first-order valence-electron chi connectivity index (χ1n) is 8.22. The second kappa shape index (κ2) is 13.7. The zero-order valence-electron chi connectivity index (χ0n) is 14.4. The van der Waals surface area contributed by atoms with E-state index in [0.717, 1.165) is 0 Å². The zero-order chi connectivity index (χ0) is 16.8. The average molecular weight is 326 g/mol. The van der Waals surface area contributed by atoms with Gasteiger partial charge in [0.1, 0.15) is 0 Å². The van der Waals surface area contributed by atoms with Crippen molar-refractivity contribution in [3.8, 4) is 0 Å². The second-order valence-electron chi connectivity index (χ2n) is 6.37. The maximum Gasteiger partial charge on any atom is 0.466 e. The van der Waals surface area contributed by atoms with Gasteiger partial charge < -0.3 is 19.2 Å². The van der Waals surface area contributed by atoms with Crippen LogP contribution in [0.25, 0.3) is 0 Å². The van der Waals surface area contributed by atoms with E-state index < -0.39 is 7.82 Å². The van der Waals surface area contributed by atoms with Gasteiger partial charge in [-0.05, 0) is 19.3 Å². The minimum absolute atomic E-state index is 1.23. The Morgan fingerprint density at radius 2 is 1.05 bits per heavy atom. The summed E-state index contributed by atoms with van der Waals surface area (Å²) in [5.74, 6) is 0. The van der Waals surface area contributed by atoms with Gasteiger partial charge in [0.2, 0.25) is 0 Å². The Kier molecular flexibility index (Phi) is 15.2. The normalized spacial score (nSPS) is 12.0. The standard InChI is InChI=1S/C15H34N.H3O4P/c1-5-7-9-10-11-12-13-15-16(3,4)14-8-6-2;1-5(2,3)4/h5-15H2,1-4H3;(H3,1,2,3,4)/q+1;. The smallest absolute Gasteiger partial charge is 0.328 e. The van der Waals surface area contributed by atoms with E-state index in [0.29, 0.717) is 0 Å². The van der Waals surface area contributed by atoms with E-state index in [1.807, 2.05) is 0 Å².